The van der Waals surface area contributed by atoms with Gasteiger partial charge in [0.2, 0.25) is 0 Å². The van der Waals surface area contributed by atoms with Crippen molar-refractivity contribution in [3.8, 4) is 0 Å². The van der Waals surface area contributed by atoms with Gasteiger partial charge in [0, 0.05) is 22.0 Å². The first-order valence-electron chi connectivity index (χ1n) is 6.20. The molecule has 1 aliphatic carbocycles. The Labute approximate surface area is 122 Å². The molecule has 2 aromatic carbocycles. The van der Waals surface area contributed by atoms with Crippen LogP contribution in [-0.4, -0.2) is 5.78 Å². The molecule has 1 unspecified atom stereocenters. The van der Waals surface area contributed by atoms with E-state index in [9.17, 15) is 4.79 Å². The lowest BCUT2D eigenvalue weighted by Crippen LogP contribution is -2.18. The van der Waals surface area contributed by atoms with Crippen molar-refractivity contribution in [1.29, 1.82) is 0 Å². The van der Waals surface area contributed by atoms with E-state index in [1.807, 2.05) is 36.4 Å². The molecular weight excluding hydrogens is 279 g/mol. The summed E-state index contributed by atoms with van der Waals surface area (Å²) in [6.07, 6.45) is 1.40. The van der Waals surface area contributed by atoms with Gasteiger partial charge in [-0.2, -0.15) is 0 Å². The number of carbonyl (C=O) groups is 1. The molecule has 3 heteroatoms. The maximum atomic E-state index is 12.2. The second-order valence-electron chi connectivity index (χ2n) is 4.88. The zero-order valence-electron chi connectivity index (χ0n) is 10.2. The van der Waals surface area contributed by atoms with Crippen LogP contribution in [0.25, 0.3) is 0 Å². The van der Waals surface area contributed by atoms with Crippen LogP contribution >= 0.6 is 23.2 Å². The van der Waals surface area contributed by atoms with Crippen molar-refractivity contribution < 1.29 is 4.79 Å². The van der Waals surface area contributed by atoms with Crippen molar-refractivity contribution in [2.24, 2.45) is 0 Å². The molecule has 0 fully saturated rings. The Morgan fingerprint density at radius 3 is 2.32 bits per heavy atom. The number of fused-ring (bicyclic) bond motifs is 1. The minimum atomic E-state index is 0.192. The molecular formula is C16H12Cl2O. The van der Waals surface area contributed by atoms with Gasteiger partial charge >= 0.3 is 0 Å². The average molecular weight is 291 g/mol. The Hall–Kier alpha value is -1.31. The van der Waals surface area contributed by atoms with E-state index in [4.69, 9.17) is 23.2 Å². The molecule has 3 rings (SSSR count). The van der Waals surface area contributed by atoms with Crippen LogP contribution in [0, 0.1) is 0 Å². The van der Waals surface area contributed by atoms with Crippen molar-refractivity contribution in [3.05, 3.63) is 69.2 Å². The molecule has 0 heterocycles. The predicted octanol–water partition coefficient (Wildman–Crippen LogP) is 4.91. The maximum absolute atomic E-state index is 12.2. The van der Waals surface area contributed by atoms with Gasteiger partial charge in [-0.3, -0.25) is 4.79 Å². The highest BCUT2D eigenvalue weighted by Crippen LogP contribution is 2.34. The molecule has 0 bridgehead atoms. The monoisotopic (exact) mass is 290 g/mol. The number of rotatable bonds is 1. The van der Waals surface area contributed by atoms with Crippen LogP contribution < -0.4 is 0 Å². The Kier molecular flexibility index (Phi) is 3.34. The van der Waals surface area contributed by atoms with Crippen molar-refractivity contribution in [1.82, 2.24) is 0 Å². The lowest BCUT2D eigenvalue weighted by molar-refractivity contribution is 0.0964. The summed E-state index contributed by atoms with van der Waals surface area (Å²) in [6.45, 7) is 0. The van der Waals surface area contributed by atoms with Gasteiger partial charge in [-0.15, -0.1) is 0 Å². The predicted molar refractivity (Wildman–Crippen MR) is 78.3 cm³/mol. The van der Waals surface area contributed by atoms with E-state index in [1.165, 1.54) is 0 Å². The molecule has 0 N–H and O–H groups in total. The molecule has 1 atom stereocenters. The van der Waals surface area contributed by atoms with Gasteiger partial charge in [0.1, 0.15) is 0 Å². The molecule has 1 aliphatic rings. The molecule has 0 radical (unpaired) electrons. The molecule has 0 amide bonds. The molecule has 2 aromatic rings. The van der Waals surface area contributed by atoms with Crippen molar-refractivity contribution >= 4 is 29.0 Å². The summed E-state index contributed by atoms with van der Waals surface area (Å²) in [5, 5.41) is 1.40. The number of carbonyl (C=O) groups excluding carboxylic acids is 1. The van der Waals surface area contributed by atoms with Gasteiger partial charge in [-0.05, 0) is 53.8 Å². The van der Waals surface area contributed by atoms with Gasteiger partial charge in [0.05, 0.1) is 0 Å². The topological polar surface area (TPSA) is 17.1 Å². The smallest absolute Gasteiger partial charge is 0.163 e. The first kappa shape index (κ1) is 12.7. The quantitative estimate of drug-likeness (QED) is 0.730. The SMILES string of the molecule is O=C1CC(c2ccc(Cl)cc2)Cc2cc(Cl)ccc21. The van der Waals surface area contributed by atoms with Crippen LogP contribution in [0.3, 0.4) is 0 Å². The van der Waals surface area contributed by atoms with Gasteiger partial charge < -0.3 is 0 Å². The third kappa shape index (κ3) is 2.54. The van der Waals surface area contributed by atoms with E-state index in [2.05, 4.69) is 0 Å². The highest BCUT2D eigenvalue weighted by Gasteiger charge is 2.26. The Morgan fingerprint density at radius 1 is 0.895 bits per heavy atom. The van der Waals surface area contributed by atoms with Crippen LogP contribution in [0.2, 0.25) is 10.0 Å². The number of ketones is 1. The van der Waals surface area contributed by atoms with Gasteiger partial charge in [0.25, 0.3) is 0 Å². The molecule has 0 aliphatic heterocycles. The fourth-order valence-electron chi connectivity index (χ4n) is 2.65. The highest BCUT2D eigenvalue weighted by molar-refractivity contribution is 6.31. The van der Waals surface area contributed by atoms with Crippen molar-refractivity contribution in [2.45, 2.75) is 18.8 Å². The van der Waals surface area contributed by atoms with Crippen LogP contribution in [0.5, 0.6) is 0 Å². The van der Waals surface area contributed by atoms with E-state index in [0.717, 1.165) is 23.1 Å². The van der Waals surface area contributed by atoms with E-state index in [-0.39, 0.29) is 11.7 Å². The number of hydrogen-bond acceptors (Lipinski definition) is 1. The van der Waals surface area contributed by atoms with Gasteiger partial charge in [0.15, 0.2) is 5.78 Å². The van der Waals surface area contributed by atoms with E-state index in [0.29, 0.717) is 16.5 Å². The maximum Gasteiger partial charge on any atom is 0.163 e. The van der Waals surface area contributed by atoms with Gasteiger partial charge in [-0.1, -0.05) is 35.3 Å². The summed E-state index contributed by atoms with van der Waals surface area (Å²) in [7, 11) is 0. The Balaban J connectivity index is 1.96. The second-order valence-corrected chi connectivity index (χ2v) is 5.75. The molecule has 1 nitrogen and oxygen atoms in total. The summed E-state index contributed by atoms with van der Waals surface area (Å²) >= 11 is 11.9. The zero-order chi connectivity index (χ0) is 13.4. The molecule has 0 saturated carbocycles. The van der Waals surface area contributed by atoms with E-state index >= 15 is 0 Å². The first-order valence-corrected chi connectivity index (χ1v) is 6.96. The summed E-state index contributed by atoms with van der Waals surface area (Å²) in [5.41, 5.74) is 3.02. The Morgan fingerprint density at radius 2 is 1.58 bits per heavy atom. The molecule has 0 saturated heterocycles. The van der Waals surface area contributed by atoms with E-state index < -0.39 is 0 Å². The van der Waals surface area contributed by atoms with Crippen molar-refractivity contribution in [3.63, 3.8) is 0 Å². The number of hydrogen-bond donors (Lipinski definition) is 0. The average Bonchev–Trinajstić information content (AvgIpc) is 2.38. The minimum Gasteiger partial charge on any atom is -0.294 e. The largest absolute Gasteiger partial charge is 0.294 e. The third-order valence-corrected chi connectivity index (χ3v) is 4.09. The van der Waals surface area contributed by atoms with Crippen LogP contribution in [0.1, 0.15) is 33.8 Å². The van der Waals surface area contributed by atoms with Crippen molar-refractivity contribution in [2.75, 3.05) is 0 Å². The lowest BCUT2D eigenvalue weighted by Gasteiger charge is -2.24. The third-order valence-electron chi connectivity index (χ3n) is 3.61. The molecule has 19 heavy (non-hydrogen) atoms. The fourth-order valence-corrected chi connectivity index (χ4v) is 2.97. The second kappa shape index (κ2) is 4.99. The molecule has 96 valence electrons. The summed E-state index contributed by atoms with van der Waals surface area (Å²) in [4.78, 5) is 12.2. The van der Waals surface area contributed by atoms with Crippen LogP contribution in [-0.2, 0) is 6.42 Å². The fraction of sp³-hybridized carbons (Fsp3) is 0.188. The lowest BCUT2D eigenvalue weighted by atomic mass is 9.79. The summed E-state index contributed by atoms with van der Waals surface area (Å²) in [5.74, 6) is 0.411. The standard InChI is InChI=1S/C16H12Cl2O/c17-13-3-1-10(2-4-13)11-7-12-8-14(18)5-6-15(12)16(19)9-11/h1-6,8,11H,7,9H2. The van der Waals surface area contributed by atoms with E-state index in [1.54, 1.807) is 6.07 Å². The van der Waals surface area contributed by atoms with Gasteiger partial charge in [-0.25, -0.2) is 0 Å². The number of benzene rings is 2. The summed E-state index contributed by atoms with van der Waals surface area (Å²) < 4.78 is 0. The Bertz CT molecular complexity index is 632. The normalized spacial score (nSPS) is 18.2. The molecule has 0 aromatic heterocycles. The number of halogens is 2. The number of Topliss-reactive ketones (excluding diaryl/α,β-unsaturated/α-hetero) is 1. The van der Waals surface area contributed by atoms with Crippen LogP contribution in [0.15, 0.2) is 42.5 Å². The first-order chi connectivity index (χ1) is 9.13. The summed E-state index contributed by atoms with van der Waals surface area (Å²) in [6, 6.07) is 13.2. The molecule has 0 spiro atoms. The minimum absolute atomic E-state index is 0.192. The van der Waals surface area contributed by atoms with Crippen LogP contribution in [0.4, 0.5) is 0 Å². The highest BCUT2D eigenvalue weighted by atomic mass is 35.5. The zero-order valence-corrected chi connectivity index (χ0v) is 11.7.